The number of phenolic OH excluding ortho intramolecular Hbond substituents is 2. The Morgan fingerprint density at radius 2 is 1.30 bits per heavy atom. The molecule has 0 radical (unpaired) electrons. The predicted octanol–water partition coefficient (Wildman–Crippen LogP) is 3.66. The second-order valence-corrected chi connectivity index (χ2v) is 5.31. The molecule has 7 nitrogen and oxygen atoms in total. The van der Waals surface area contributed by atoms with Gasteiger partial charge >= 0.3 is 0 Å². The second kappa shape index (κ2) is 6.83. The number of nitrogens with zero attached hydrogens (tertiary/aromatic N) is 1. The molecule has 0 aliphatic rings. The maximum atomic E-state index is 14.6. The number of anilines is 2. The van der Waals surface area contributed by atoms with Crippen LogP contribution >= 0.6 is 0 Å². The van der Waals surface area contributed by atoms with E-state index < -0.39 is 35.0 Å². The molecule has 0 bridgehead atoms. The molecule has 1 aromatic heterocycles. The lowest BCUT2D eigenvalue weighted by atomic mass is 10.3. The van der Waals surface area contributed by atoms with Gasteiger partial charge in [0, 0.05) is 12.1 Å². The summed E-state index contributed by atoms with van der Waals surface area (Å²) in [4.78, 5) is 3.05. The first-order valence-corrected chi connectivity index (χ1v) is 7.33. The predicted molar refractivity (Wildman–Crippen MR) is 89.3 cm³/mol. The van der Waals surface area contributed by atoms with Crippen LogP contribution in [-0.4, -0.2) is 15.2 Å². The van der Waals surface area contributed by atoms with E-state index in [1.54, 1.807) is 0 Å². The number of aromatic nitrogens is 1. The van der Waals surface area contributed by atoms with Crippen molar-refractivity contribution in [1.29, 1.82) is 0 Å². The third-order valence-electron chi connectivity index (χ3n) is 3.41. The lowest BCUT2D eigenvalue weighted by Gasteiger charge is -2.12. The first kappa shape index (κ1) is 18.0. The Morgan fingerprint density at radius 3 is 1.81 bits per heavy atom. The maximum Gasteiger partial charge on any atom is 0.262 e. The van der Waals surface area contributed by atoms with Gasteiger partial charge in [-0.2, -0.15) is 18.2 Å². The van der Waals surface area contributed by atoms with E-state index >= 15 is 0 Å². The van der Waals surface area contributed by atoms with E-state index in [1.807, 2.05) is 0 Å². The minimum absolute atomic E-state index is 0.0105. The number of pyridine rings is 1. The molecule has 0 aliphatic carbocycles. The number of aromatic hydroxyl groups is 2. The number of ether oxygens (including phenoxy) is 2. The largest absolute Gasteiger partial charge is 0.506 e. The van der Waals surface area contributed by atoms with Crippen LogP contribution in [0.25, 0.3) is 0 Å². The quantitative estimate of drug-likeness (QED) is 0.310. The zero-order chi connectivity index (χ0) is 19.7. The van der Waals surface area contributed by atoms with E-state index in [4.69, 9.17) is 20.9 Å². The van der Waals surface area contributed by atoms with Gasteiger partial charge in [-0.3, -0.25) is 0 Å². The number of phenols is 2. The number of nitrogen functional groups attached to an aromatic ring is 2. The molecule has 0 unspecified atom stereocenters. The average molecular weight is 379 g/mol. The van der Waals surface area contributed by atoms with Crippen molar-refractivity contribution in [2.24, 2.45) is 0 Å². The summed E-state index contributed by atoms with van der Waals surface area (Å²) in [5, 5.41) is 19.1. The van der Waals surface area contributed by atoms with E-state index in [0.717, 1.165) is 12.1 Å². The summed E-state index contributed by atoms with van der Waals surface area (Å²) in [6.07, 6.45) is 0. The average Bonchev–Trinajstić information content (AvgIpc) is 2.62. The monoisotopic (exact) mass is 379 g/mol. The smallest absolute Gasteiger partial charge is 0.262 e. The van der Waals surface area contributed by atoms with Crippen LogP contribution in [0.4, 0.5) is 24.5 Å². The molecular formula is C17H12F3N3O4. The summed E-state index contributed by atoms with van der Waals surface area (Å²) in [5.41, 5.74) is 10.9. The minimum atomic E-state index is -1.70. The normalized spacial score (nSPS) is 10.6. The molecule has 10 heteroatoms. The molecule has 0 amide bonds. The van der Waals surface area contributed by atoms with Crippen LogP contribution in [0.3, 0.4) is 0 Å². The highest BCUT2D eigenvalue weighted by molar-refractivity contribution is 5.56. The highest BCUT2D eigenvalue weighted by Gasteiger charge is 2.24. The molecule has 0 aliphatic heterocycles. The zero-order valence-corrected chi connectivity index (χ0v) is 13.4. The van der Waals surface area contributed by atoms with Gasteiger partial charge in [-0.15, -0.1) is 0 Å². The summed E-state index contributed by atoms with van der Waals surface area (Å²) in [6.45, 7) is 0. The lowest BCUT2D eigenvalue weighted by Crippen LogP contribution is -2.03. The molecular weight excluding hydrogens is 367 g/mol. The van der Waals surface area contributed by atoms with Gasteiger partial charge in [0.15, 0.2) is 0 Å². The Kier molecular flexibility index (Phi) is 4.55. The van der Waals surface area contributed by atoms with Crippen molar-refractivity contribution >= 4 is 11.4 Å². The maximum absolute atomic E-state index is 14.6. The van der Waals surface area contributed by atoms with E-state index in [1.165, 1.54) is 24.3 Å². The standard InChI is InChI=1S/C17H12F3N3O4/c18-13-15(26-7-1-3-9(21)11(24)5-7)14(19)17(23-16(13)20)27-8-2-4-10(22)12(25)6-8/h1-6,24-25H,21-22H2. The van der Waals surface area contributed by atoms with E-state index in [-0.39, 0.29) is 28.6 Å². The second-order valence-electron chi connectivity index (χ2n) is 5.31. The Bertz CT molecular complexity index is 1030. The molecule has 1 heterocycles. The fourth-order valence-corrected chi connectivity index (χ4v) is 2.04. The molecule has 27 heavy (non-hydrogen) atoms. The van der Waals surface area contributed by atoms with Crippen molar-refractivity contribution in [1.82, 2.24) is 4.98 Å². The molecule has 3 rings (SSSR count). The first-order chi connectivity index (χ1) is 12.8. The summed E-state index contributed by atoms with van der Waals surface area (Å²) < 4.78 is 52.3. The summed E-state index contributed by atoms with van der Waals surface area (Å²) in [7, 11) is 0. The number of halogens is 3. The fourth-order valence-electron chi connectivity index (χ4n) is 2.04. The molecule has 140 valence electrons. The molecule has 2 aromatic carbocycles. The van der Waals surface area contributed by atoms with Crippen LogP contribution in [0.2, 0.25) is 0 Å². The van der Waals surface area contributed by atoms with Crippen molar-refractivity contribution in [3.63, 3.8) is 0 Å². The summed E-state index contributed by atoms with van der Waals surface area (Å²) >= 11 is 0. The third-order valence-corrected chi connectivity index (χ3v) is 3.41. The van der Waals surface area contributed by atoms with Gasteiger partial charge < -0.3 is 31.2 Å². The third kappa shape index (κ3) is 3.59. The summed E-state index contributed by atoms with van der Waals surface area (Å²) in [5.74, 6) is -7.98. The topological polar surface area (TPSA) is 124 Å². The van der Waals surface area contributed by atoms with Crippen LogP contribution in [-0.2, 0) is 0 Å². The molecule has 0 saturated heterocycles. The molecule has 3 aromatic rings. The van der Waals surface area contributed by atoms with Gasteiger partial charge in [0.25, 0.3) is 11.8 Å². The van der Waals surface area contributed by atoms with Gasteiger partial charge in [-0.05, 0) is 24.3 Å². The molecule has 0 spiro atoms. The van der Waals surface area contributed by atoms with Gasteiger partial charge in [0.05, 0.1) is 11.4 Å². The minimum Gasteiger partial charge on any atom is -0.506 e. The van der Waals surface area contributed by atoms with Crippen LogP contribution in [0.1, 0.15) is 0 Å². The first-order valence-electron chi connectivity index (χ1n) is 7.33. The number of rotatable bonds is 4. The van der Waals surface area contributed by atoms with Crippen LogP contribution < -0.4 is 20.9 Å². The Balaban J connectivity index is 1.99. The molecule has 6 N–H and O–H groups in total. The highest BCUT2D eigenvalue weighted by atomic mass is 19.2. The zero-order valence-electron chi connectivity index (χ0n) is 13.4. The SMILES string of the molecule is Nc1ccc(Oc2nc(F)c(F)c(Oc3ccc(N)c(O)c3)c2F)cc1O. The molecule has 0 fully saturated rings. The van der Waals surface area contributed by atoms with E-state index in [2.05, 4.69) is 4.98 Å². The van der Waals surface area contributed by atoms with Gasteiger partial charge in [-0.25, -0.2) is 0 Å². The highest BCUT2D eigenvalue weighted by Crippen LogP contribution is 2.37. The Hall–Kier alpha value is -3.82. The number of nitrogens with two attached hydrogens (primary N) is 2. The molecule has 0 atom stereocenters. The van der Waals surface area contributed by atoms with E-state index in [0.29, 0.717) is 0 Å². The Morgan fingerprint density at radius 1 is 0.778 bits per heavy atom. The van der Waals surface area contributed by atoms with Crippen LogP contribution in [0.15, 0.2) is 36.4 Å². The lowest BCUT2D eigenvalue weighted by molar-refractivity contribution is 0.339. The van der Waals surface area contributed by atoms with Crippen molar-refractivity contribution in [3.05, 3.63) is 54.0 Å². The number of hydrogen-bond acceptors (Lipinski definition) is 7. The molecule has 0 saturated carbocycles. The van der Waals surface area contributed by atoms with Gasteiger partial charge in [0.1, 0.15) is 23.0 Å². The Labute approximate surface area is 150 Å². The van der Waals surface area contributed by atoms with Crippen molar-refractivity contribution in [2.75, 3.05) is 11.5 Å². The van der Waals surface area contributed by atoms with Gasteiger partial charge in [0.2, 0.25) is 17.4 Å². The van der Waals surface area contributed by atoms with Crippen molar-refractivity contribution in [3.8, 4) is 34.6 Å². The van der Waals surface area contributed by atoms with Gasteiger partial charge in [-0.1, -0.05) is 0 Å². The fraction of sp³-hybridized carbons (Fsp3) is 0. The van der Waals surface area contributed by atoms with Crippen LogP contribution in [0, 0.1) is 17.6 Å². The number of hydrogen-bond donors (Lipinski definition) is 4. The van der Waals surface area contributed by atoms with Crippen LogP contribution in [0.5, 0.6) is 34.6 Å². The van der Waals surface area contributed by atoms with E-state index in [9.17, 15) is 23.4 Å². The number of benzene rings is 2. The van der Waals surface area contributed by atoms with Crippen molar-refractivity contribution < 1.29 is 32.9 Å². The summed E-state index contributed by atoms with van der Waals surface area (Å²) in [6, 6.07) is 6.99. The van der Waals surface area contributed by atoms with Crippen molar-refractivity contribution in [2.45, 2.75) is 0 Å².